The summed E-state index contributed by atoms with van der Waals surface area (Å²) < 4.78 is 39.9. The van der Waals surface area contributed by atoms with Gasteiger partial charge >= 0.3 is 6.18 Å². The molecule has 0 atom stereocenters. The molecule has 1 saturated carbocycles. The van der Waals surface area contributed by atoms with Crippen molar-refractivity contribution in [3.8, 4) is 0 Å². The molecule has 1 aliphatic carbocycles. The number of carbonyl (C=O) groups is 1. The number of hydrogen-bond donors (Lipinski definition) is 2. The van der Waals surface area contributed by atoms with E-state index in [4.69, 9.17) is 4.98 Å². The van der Waals surface area contributed by atoms with Crippen molar-refractivity contribution in [1.29, 1.82) is 0 Å². The number of pyridine rings is 1. The highest BCUT2D eigenvalue weighted by atomic mass is 32.2. The number of fused-ring (bicyclic) bond motifs is 1. The second-order valence-electron chi connectivity index (χ2n) is 9.05. The molecule has 4 rings (SSSR count). The Hall–Kier alpha value is -2.17. The molecule has 2 aromatic heterocycles. The molecule has 1 aromatic carbocycles. The summed E-state index contributed by atoms with van der Waals surface area (Å²) in [4.78, 5) is 21.1. The Morgan fingerprint density at radius 2 is 1.85 bits per heavy atom. The van der Waals surface area contributed by atoms with Crippen molar-refractivity contribution >= 4 is 44.9 Å². The van der Waals surface area contributed by atoms with Gasteiger partial charge in [0.05, 0.1) is 20.8 Å². The molecule has 182 valence electrons. The number of aromatic nitrogens is 2. The fraction of sp³-hybridized carbons (Fsp3) is 0.458. The molecule has 34 heavy (non-hydrogen) atoms. The van der Waals surface area contributed by atoms with Gasteiger partial charge in [0.2, 0.25) is 0 Å². The number of hydrogen-bond acceptors (Lipinski definition) is 6. The summed E-state index contributed by atoms with van der Waals surface area (Å²) in [6, 6.07) is 6.67. The summed E-state index contributed by atoms with van der Waals surface area (Å²) in [5, 5.41) is 15.1. The van der Waals surface area contributed by atoms with Crippen LogP contribution in [0, 0.1) is 0 Å². The van der Waals surface area contributed by atoms with Crippen LogP contribution in [-0.4, -0.2) is 32.5 Å². The summed E-state index contributed by atoms with van der Waals surface area (Å²) in [5.41, 5.74) is -1.31. The lowest BCUT2D eigenvalue weighted by Gasteiger charge is -2.25. The second-order valence-corrected chi connectivity index (χ2v) is 11.2. The number of halogens is 3. The van der Waals surface area contributed by atoms with Crippen LogP contribution in [0.2, 0.25) is 0 Å². The van der Waals surface area contributed by atoms with Gasteiger partial charge in [-0.1, -0.05) is 6.07 Å². The number of carbonyl (C=O) groups excluding carboxylic acids is 1. The van der Waals surface area contributed by atoms with Crippen LogP contribution in [0.1, 0.15) is 72.2 Å². The first-order chi connectivity index (χ1) is 16.0. The number of rotatable bonds is 5. The molecule has 2 N–H and O–H groups in total. The van der Waals surface area contributed by atoms with Gasteiger partial charge in [-0.2, -0.15) is 24.9 Å². The number of amides is 1. The van der Waals surface area contributed by atoms with Crippen LogP contribution in [0.25, 0.3) is 10.2 Å². The number of anilines is 1. The van der Waals surface area contributed by atoms with Crippen LogP contribution in [0.4, 0.5) is 18.9 Å². The summed E-state index contributed by atoms with van der Waals surface area (Å²) in [6.07, 6.45) is 1.96. The summed E-state index contributed by atoms with van der Waals surface area (Å²) in [5.74, 6) is -0.394. The molecule has 0 aliphatic heterocycles. The number of alkyl halides is 3. The first kappa shape index (κ1) is 24.9. The van der Waals surface area contributed by atoms with E-state index in [0.717, 1.165) is 53.0 Å². The van der Waals surface area contributed by atoms with E-state index in [2.05, 4.69) is 16.6 Å². The minimum Gasteiger partial charge on any atom is -0.386 e. The van der Waals surface area contributed by atoms with Crippen LogP contribution in [0.3, 0.4) is 0 Å². The highest BCUT2D eigenvalue weighted by molar-refractivity contribution is 7.99. The van der Waals surface area contributed by atoms with E-state index in [1.54, 1.807) is 37.3 Å². The lowest BCUT2D eigenvalue weighted by Crippen LogP contribution is -2.22. The Balaban J connectivity index is 1.66. The van der Waals surface area contributed by atoms with E-state index in [1.165, 1.54) is 6.07 Å². The van der Waals surface area contributed by atoms with E-state index >= 15 is 0 Å². The Morgan fingerprint density at radius 1 is 1.15 bits per heavy atom. The average Bonchev–Trinajstić information content (AvgIpc) is 3.20. The number of aliphatic hydroxyl groups is 1. The molecule has 0 spiro atoms. The molecule has 3 aromatic rings. The van der Waals surface area contributed by atoms with Gasteiger partial charge in [0.15, 0.2) is 0 Å². The van der Waals surface area contributed by atoms with Crippen LogP contribution in [0.5, 0.6) is 0 Å². The van der Waals surface area contributed by atoms with E-state index < -0.39 is 23.4 Å². The monoisotopic (exact) mass is 509 g/mol. The van der Waals surface area contributed by atoms with Crippen LogP contribution in [0.15, 0.2) is 30.3 Å². The Kier molecular flexibility index (Phi) is 6.94. The predicted molar refractivity (Wildman–Crippen MR) is 131 cm³/mol. The minimum atomic E-state index is -4.65. The molecule has 2 heterocycles. The maximum atomic E-state index is 13.0. The van der Waals surface area contributed by atoms with Gasteiger partial charge in [-0.05, 0) is 70.1 Å². The van der Waals surface area contributed by atoms with Crippen molar-refractivity contribution in [2.45, 2.75) is 62.5 Å². The summed E-state index contributed by atoms with van der Waals surface area (Å²) in [6.45, 7) is 3.17. The number of nitrogens with one attached hydrogen (secondary N) is 1. The largest absolute Gasteiger partial charge is 0.433 e. The second kappa shape index (κ2) is 9.47. The highest BCUT2D eigenvalue weighted by Gasteiger charge is 2.33. The lowest BCUT2D eigenvalue weighted by molar-refractivity contribution is -0.141. The molecule has 0 unspecified atom stereocenters. The zero-order chi connectivity index (χ0) is 24.7. The fourth-order valence-electron chi connectivity index (χ4n) is 4.23. The third kappa shape index (κ3) is 5.39. The molecule has 0 bridgehead atoms. The normalized spacial score (nSPS) is 19.4. The lowest BCUT2D eigenvalue weighted by atomic mass is 9.89. The van der Waals surface area contributed by atoms with Gasteiger partial charge in [0.1, 0.15) is 11.4 Å². The molecule has 0 saturated heterocycles. The van der Waals surface area contributed by atoms with Gasteiger partial charge < -0.3 is 10.4 Å². The zero-order valence-corrected chi connectivity index (χ0v) is 20.7. The van der Waals surface area contributed by atoms with Crippen LogP contribution >= 0.6 is 23.1 Å². The maximum absolute atomic E-state index is 13.0. The molecule has 1 fully saturated rings. The van der Waals surface area contributed by atoms with Gasteiger partial charge in [-0.15, -0.1) is 11.3 Å². The van der Waals surface area contributed by atoms with Crippen molar-refractivity contribution in [1.82, 2.24) is 9.97 Å². The SMILES string of the molecule is CSC1CCC(c2nc3cc(C(C)(C)O)c(NC(=O)c4cccc(C(F)(F)F)n4)cc3s2)CC1. The van der Waals surface area contributed by atoms with Crippen molar-refractivity contribution in [2.24, 2.45) is 0 Å². The van der Waals surface area contributed by atoms with E-state index in [0.29, 0.717) is 22.4 Å². The third-order valence-electron chi connectivity index (χ3n) is 6.08. The van der Waals surface area contributed by atoms with Gasteiger partial charge in [0.25, 0.3) is 5.91 Å². The molecular formula is C24H26F3N3O2S2. The van der Waals surface area contributed by atoms with E-state index in [9.17, 15) is 23.1 Å². The first-order valence-electron chi connectivity index (χ1n) is 11.0. The molecule has 5 nitrogen and oxygen atoms in total. The Bertz CT molecular complexity index is 1200. The molecule has 1 aliphatic rings. The smallest absolute Gasteiger partial charge is 0.386 e. The van der Waals surface area contributed by atoms with E-state index in [1.807, 2.05) is 11.8 Å². The predicted octanol–water partition coefficient (Wildman–Crippen LogP) is 6.58. The summed E-state index contributed by atoms with van der Waals surface area (Å²) >= 11 is 3.47. The third-order valence-corrected chi connectivity index (χ3v) is 8.40. The number of thiazole rings is 1. The van der Waals surface area contributed by atoms with Gasteiger partial charge in [-0.25, -0.2) is 9.97 Å². The molecule has 1 amide bonds. The van der Waals surface area contributed by atoms with Crippen molar-refractivity contribution < 1.29 is 23.1 Å². The number of nitrogens with zero attached hydrogens (tertiary/aromatic N) is 2. The zero-order valence-electron chi connectivity index (χ0n) is 19.1. The van der Waals surface area contributed by atoms with Crippen LogP contribution in [-0.2, 0) is 11.8 Å². The topological polar surface area (TPSA) is 75.1 Å². The molecular weight excluding hydrogens is 483 g/mol. The first-order valence-corrected chi connectivity index (χ1v) is 13.1. The van der Waals surface area contributed by atoms with Crippen molar-refractivity contribution in [3.05, 3.63) is 52.3 Å². The average molecular weight is 510 g/mol. The van der Waals surface area contributed by atoms with E-state index in [-0.39, 0.29) is 5.69 Å². The van der Waals surface area contributed by atoms with Crippen molar-refractivity contribution in [3.63, 3.8) is 0 Å². The summed E-state index contributed by atoms with van der Waals surface area (Å²) in [7, 11) is 0. The maximum Gasteiger partial charge on any atom is 0.433 e. The molecule has 0 radical (unpaired) electrons. The molecule has 10 heteroatoms. The Morgan fingerprint density at radius 3 is 2.47 bits per heavy atom. The van der Waals surface area contributed by atoms with Gasteiger partial charge in [0, 0.05) is 22.4 Å². The number of benzene rings is 1. The number of thioether (sulfide) groups is 1. The van der Waals surface area contributed by atoms with Crippen LogP contribution < -0.4 is 5.32 Å². The van der Waals surface area contributed by atoms with Gasteiger partial charge in [-0.3, -0.25) is 4.79 Å². The highest BCUT2D eigenvalue weighted by Crippen LogP contribution is 2.41. The standard InChI is InChI=1S/C24H26F3N3O2S2/c1-23(2,32)15-11-18-19(34-22(30-18)13-7-9-14(33-3)10-8-13)12-17(15)29-21(31)16-5-4-6-20(28-16)24(25,26)27/h4-6,11-14,32H,7-10H2,1-3H3,(H,29,31). The quantitative estimate of drug-likeness (QED) is 0.406. The Labute approximate surface area is 204 Å². The fourth-order valence-corrected chi connectivity index (χ4v) is 6.13. The van der Waals surface area contributed by atoms with Crippen molar-refractivity contribution in [2.75, 3.05) is 11.6 Å². The minimum absolute atomic E-state index is 0.325.